The lowest BCUT2D eigenvalue weighted by Gasteiger charge is -2.55. The van der Waals surface area contributed by atoms with Gasteiger partial charge in [-0.1, -0.05) is 82.8 Å². The van der Waals surface area contributed by atoms with E-state index in [0.717, 1.165) is 81.9 Å². The normalized spacial score (nSPS) is 34.4. The molecule has 7 aliphatic rings. The Morgan fingerprint density at radius 2 is 1.85 bits per heavy atom. The molecule has 2 aromatic carbocycles. The summed E-state index contributed by atoms with van der Waals surface area (Å²) in [6.45, 7) is 5.74. The van der Waals surface area contributed by atoms with Crippen LogP contribution in [0.1, 0.15) is 153 Å². The number of carbonyl (C=O) groups excluding carboxylic acids is 1. The summed E-state index contributed by atoms with van der Waals surface area (Å²) in [4.78, 5) is 20.3. The van der Waals surface area contributed by atoms with E-state index in [1.807, 2.05) is 25.3 Å². The molecule has 11 nitrogen and oxygen atoms in total. The predicted molar refractivity (Wildman–Crippen MR) is 280 cm³/mol. The monoisotopic (exact) mass is 971 g/mol. The lowest BCUT2D eigenvalue weighted by Crippen LogP contribution is -2.51. The summed E-state index contributed by atoms with van der Waals surface area (Å²) in [5.41, 5.74) is 1.40. The first kappa shape index (κ1) is 51.2. The number of benzene rings is 2. The Kier molecular flexibility index (Phi) is 16.3. The number of phenols is 1. The zero-order chi connectivity index (χ0) is 49.6. The van der Waals surface area contributed by atoms with Crippen LogP contribution in [-0.2, 0) is 21.4 Å². The molecule has 0 amide bonds. The zero-order valence-electron chi connectivity index (χ0n) is 43.4. The molecule has 5 aliphatic carbocycles. The highest BCUT2D eigenvalue weighted by atomic mass is 16.6. The number of phenolic OH excluding ortho intramolecular Hbond substituents is 1. The average Bonchev–Trinajstić information content (AvgIpc) is 4.08. The number of guanidine groups is 1. The Morgan fingerprint density at radius 1 is 0.986 bits per heavy atom. The van der Waals surface area contributed by atoms with Gasteiger partial charge in [0, 0.05) is 56.3 Å². The number of likely N-dealkylation sites (N-methyl/N-ethyl adjacent to an activating group) is 1. The SMILES string of the molecule is CCCCCCO[C@H](O)C[C@@H]1C[C@@]2(CNC)C[C@@H]1CC#COc1c3cc(cc1O2)[C@@]12CCC[C@@H]1C[C@@H]1CC[C@H](CC)C[C@@H]1[C@H]2/C=C/C(=O)[C@]1(Cc2ccc(O)c(OC)c2)CCC[C@@H]1CC#CNC(=NC)N3. The van der Waals surface area contributed by atoms with Crippen molar-refractivity contribution in [1.82, 2.24) is 10.6 Å². The number of hydrogen-bond donors (Lipinski definition) is 5. The molecule has 5 saturated carbocycles. The third-order valence-electron chi connectivity index (χ3n) is 18.8. The molecule has 1 spiro atoms. The van der Waals surface area contributed by atoms with Gasteiger partial charge in [0.15, 0.2) is 29.3 Å². The molecular weight excluding hydrogens is 889 g/mol. The molecule has 2 heterocycles. The lowest BCUT2D eigenvalue weighted by molar-refractivity contribution is -0.125. The van der Waals surface area contributed by atoms with Gasteiger partial charge in [-0.3, -0.25) is 15.1 Å². The van der Waals surface area contributed by atoms with Crippen molar-refractivity contribution < 1.29 is 34.0 Å². The van der Waals surface area contributed by atoms with E-state index in [1.165, 1.54) is 44.1 Å². The maximum atomic E-state index is 15.6. The first-order valence-corrected chi connectivity index (χ1v) is 27.6. The minimum atomic E-state index is -0.843. The third kappa shape index (κ3) is 10.6. The van der Waals surface area contributed by atoms with Gasteiger partial charge >= 0.3 is 0 Å². The van der Waals surface area contributed by atoms with Gasteiger partial charge in [-0.25, -0.2) is 0 Å². The second-order valence-corrected chi connectivity index (χ2v) is 22.7. The molecule has 384 valence electrons. The number of nitrogens with one attached hydrogen (secondary N) is 3. The lowest BCUT2D eigenvalue weighted by atomic mass is 9.48. The van der Waals surface area contributed by atoms with Crippen molar-refractivity contribution in [2.45, 2.75) is 166 Å². The number of aliphatic hydroxyl groups is 1. The minimum absolute atomic E-state index is 0.0405. The summed E-state index contributed by atoms with van der Waals surface area (Å²) < 4.78 is 25.7. The Hall–Kier alpha value is -4.68. The summed E-state index contributed by atoms with van der Waals surface area (Å²) in [6, 6.07) is 13.3. The van der Waals surface area contributed by atoms with E-state index in [9.17, 15) is 10.2 Å². The predicted octanol–water partition coefficient (Wildman–Crippen LogP) is 10.8. The highest BCUT2D eigenvalue weighted by Gasteiger charge is 2.58. The van der Waals surface area contributed by atoms with Crippen molar-refractivity contribution in [2.24, 2.45) is 57.8 Å². The van der Waals surface area contributed by atoms with Crippen LogP contribution in [0.5, 0.6) is 23.0 Å². The van der Waals surface area contributed by atoms with Crippen LogP contribution in [0.25, 0.3) is 0 Å². The fraction of sp³-hybridized carbons (Fsp3) is 0.667. The van der Waals surface area contributed by atoms with Crippen molar-refractivity contribution in [3.05, 3.63) is 53.6 Å². The molecule has 71 heavy (non-hydrogen) atoms. The number of aliphatic hydroxyl groups excluding tert-OH is 1. The fourth-order valence-corrected chi connectivity index (χ4v) is 15.3. The molecule has 12 atom stereocenters. The fourth-order valence-electron chi connectivity index (χ4n) is 15.3. The molecule has 4 bridgehead atoms. The first-order valence-electron chi connectivity index (χ1n) is 27.6. The number of allylic oxidation sites excluding steroid dienone is 2. The number of unbranched alkanes of at least 4 members (excludes halogenated alkanes) is 3. The first-order chi connectivity index (χ1) is 34.6. The number of rotatable bonds is 14. The zero-order valence-corrected chi connectivity index (χ0v) is 43.4. The van der Waals surface area contributed by atoms with E-state index in [1.54, 1.807) is 20.2 Å². The Bertz CT molecular complexity index is 2400. The summed E-state index contributed by atoms with van der Waals surface area (Å²) in [5.74, 6) is 11.8. The molecule has 9 rings (SSSR count). The topological polar surface area (TPSA) is 143 Å². The van der Waals surface area contributed by atoms with Crippen LogP contribution in [0.4, 0.5) is 5.69 Å². The second kappa shape index (κ2) is 22.6. The molecule has 0 unspecified atom stereocenters. The van der Waals surface area contributed by atoms with Gasteiger partial charge in [-0.05, 0) is 166 Å². The van der Waals surface area contributed by atoms with E-state index in [2.05, 4.69) is 77.0 Å². The molecule has 5 fully saturated rings. The van der Waals surface area contributed by atoms with Gasteiger partial charge in [0.25, 0.3) is 0 Å². The molecule has 11 heteroatoms. The van der Waals surface area contributed by atoms with Crippen LogP contribution in [0, 0.1) is 76.7 Å². The third-order valence-corrected chi connectivity index (χ3v) is 18.8. The van der Waals surface area contributed by atoms with Crippen LogP contribution < -0.4 is 30.2 Å². The van der Waals surface area contributed by atoms with E-state index < -0.39 is 17.3 Å². The smallest absolute Gasteiger partial charge is 0.207 e. The summed E-state index contributed by atoms with van der Waals surface area (Å²) >= 11 is 0. The highest BCUT2D eigenvalue weighted by Crippen LogP contribution is 2.65. The number of anilines is 1. The Morgan fingerprint density at radius 3 is 2.66 bits per heavy atom. The average molecular weight is 971 g/mol. The number of ketones is 1. The summed E-state index contributed by atoms with van der Waals surface area (Å²) in [6.07, 6.45) is 26.8. The van der Waals surface area contributed by atoms with E-state index in [-0.39, 0.29) is 40.6 Å². The van der Waals surface area contributed by atoms with Crippen LogP contribution in [0.3, 0.4) is 0 Å². The maximum Gasteiger partial charge on any atom is 0.207 e. The van der Waals surface area contributed by atoms with Crippen LogP contribution in [0.15, 0.2) is 47.5 Å². The Labute approximate surface area is 424 Å². The van der Waals surface area contributed by atoms with Gasteiger partial charge in [-0.2, -0.15) is 0 Å². The Balaban J connectivity index is 1.16. The van der Waals surface area contributed by atoms with Crippen molar-refractivity contribution >= 4 is 17.4 Å². The maximum absolute atomic E-state index is 15.6. The number of hydrogen-bond acceptors (Lipinski definition) is 9. The summed E-state index contributed by atoms with van der Waals surface area (Å²) in [5, 5.41) is 32.3. The molecule has 2 aliphatic heterocycles. The number of aliphatic imine (C=N–C) groups is 1. The van der Waals surface area contributed by atoms with E-state index in [4.69, 9.17) is 18.9 Å². The van der Waals surface area contributed by atoms with Crippen molar-refractivity contribution in [3.8, 4) is 47.0 Å². The van der Waals surface area contributed by atoms with Gasteiger partial charge < -0.3 is 39.8 Å². The molecule has 2 aromatic rings. The van der Waals surface area contributed by atoms with Crippen molar-refractivity contribution in [2.75, 3.05) is 39.7 Å². The second-order valence-electron chi connectivity index (χ2n) is 22.7. The largest absolute Gasteiger partial charge is 0.504 e. The van der Waals surface area contributed by atoms with Gasteiger partial charge in [0.05, 0.1) is 12.8 Å². The van der Waals surface area contributed by atoms with Gasteiger partial charge in [0.1, 0.15) is 11.7 Å². The van der Waals surface area contributed by atoms with Gasteiger partial charge in [0.2, 0.25) is 11.7 Å². The standard InChI is InChI=1S/C60H82N4O7/c1-6-8-9-10-28-69-55(67)33-44-38-58(39-61-3)37-43(44)15-14-29-70-56-50-34-47(35-53(56)71-58)60-26-12-17-46(60)32-42-21-19-40(7-2)30-48(42)49(60)22-24-54(66)59(36-41-20-23-51(65)52(31-41)68-5)25-11-16-45(59)18-13-27-63-57(62-4)64-50/h20,22-24,31,34-35,40,42-46,48-49,55,61,65,67H,6-12,15-19,21,25-26,28,30,32-33,36-39H2,1-5H3,(H2,62,63,64)/b24-22+/t40-,42-,43-,44+,45+,46+,48-,49+,55-,58+,59-,60+/m0/s1. The number of methoxy groups -OCH3 is 1. The number of aromatic hydroxyl groups is 1. The van der Waals surface area contributed by atoms with Crippen LogP contribution >= 0.6 is 0 Å². The number of nitrogens with zero attached hydrogens (tertiary/aromatic N) is 1. The van der Waals surface area contributed by atoms with Gasteiger partial charge in [-0.15, -0.1) is 0 Å². The van der Waals surface area contributed by atoms with Crippen molar-refractivity contribution in [1.29, 1.82) is 0 Å². The number of ether oxygens (including phenoxy) is 4. The number of carbonyl (C=O) groups is 1. The number of fused-ring (bicyclic) bond motifs is 9. The molecule has 0 radical (unpaired) electrons. The molecular formula is C60H82N4O7. The highest BCUT2D eigenvalue weighted by molar-refractivity contribution is 5.97. The van der Waals surface area contributed by atoms with E-state index >= 15 is 4.79 Å². The van der Waals surface area contributed by atoms with Crippen LogP contribution in [-0.4, -0.2) is 68.2 Å². The summed E-state index contributed by atoms with van der Waals surface area (Å²) in [7, 11) is 5.32. The quantitative estimate of drug-likeness (QED) is 0.0705. The molecule has 0 aromatic heterocycles. The van der Waals surface area contributed by atoms with Crippen LogP contribution in [0.2, 0.25) is 0 Å². The molecule has 5 N–H and O–H groups in total. The van der Waals surface area contributed by atoms with Crippen molar-refractivity contribution in [3.63, 3.8) is 0 Å². The minimum Gasteiger partial charge on any atom is -0.504 e. The van der Waals surface area contributed by atoms with E-state index in [0.29, 0.717) is 85.7 Å². The molecule has 0 saturated heterocycles.